The summed E-state index contributed by atoms with van der Waals surface area (Å²) in [6, 6.07) is 1.62. The van der Waals surface area contributed by atoms with Crippen LogP contribution in [0.15, 0.2) is 31.0 Å². The number of alkyl halides is 3. The fourth-order valence-corrected chi connectivity index (χ4v) is 1.41. The van der Waals surface area contributed by atoms with Crippen molar-refractivity contribution in [2.45, 2.75) is 6.18 Å². The fourth-order valence-electron chi connectivity index (χ4n) is 1.41. The number of halogens is 3. The van der Waals surface area contributed by atoms with Crippen molar-refractivity contribution in [2.24, 2.45) is 0 Å². The number of carbonyl (C=O) groups excluding carboxylic acids is 1. The molecule has 0 atom stereocenters. The molecule has 0 aliphatic rings. The van der Waals surface area contributed by atoms with E-state index >= 15 is 0 Å². The Hall–Kier alpha value is -2.38. The van der Waals surface area contributed by atoms with Gasteiger partial charge < -0.3 is 10.0 Å². The number of amides is 1. The largest absolute Gasteiger partial charge is 0.480 e. The van der Waals surface area contributed by atoms with Gasteiger partial charge in [0.15, 0.2) is 0 Å². The summed E-state index contributed by atoms with van der Waals surface area (Å²) in [5.74, 6) is -1.96. The summed E-state index contributed by atoms with van der Waals surface area (Å²) in [4.78, 5) is 26.6. The Labute approximate surface area is 112 Å². The van der Waals surface area contributed by atoms with Gasteiger partial charge in [0.25, 0.3) is 5.91 Å². The molecule has 0 saturated carbocycles. The Morgan fingerprint density at radius 2 is 2.05 bits per heavy atom. The first-order valence-corrected chi connectivity index (χ1v) is 5.41. The molecule has 1 aromatic rings. The van der Waals surface area contributed by atoms with Crippen LogP contribution in [-0.4, -0.2) is 40.0 Å². The van der Waals surface area contributed by atoms with Crippen molar-refractivity contribution in [2.75, 3.05) is 13.1 Å². The zero-order valence-electron chi connectivity index (χ0n) is 10.2. The maximum absolute atomic E-state index is 12.3. The number of nitrogens with zero attached hydrogens (tertiary/aromatic N) is 2. The highest BCUT2D eigenvalue weighted by Gasteiger charge is 2.32. The Bertz CT molecular complexity index is 512. The molecule has 0 bridgehead atoms. The lowest BCUT2D eigenvalue weighted by Crippen LogP contribution is -2.35. The third-order valence-corrected chi connectivity index (χ3v) is 2.26. The lowest BCUT2D eigenvalue weighted by molar-refractivity contribution is -0.141. The second-order valence-corrected chi connectivity index (χ2v) is 3.80. The minimum atomic E-state index is -4.59. The lowest BCUT2D eigenvalue weighted by atomic mass is 10.2. The smallest absolute Gasteiger partial charge is 0.433 e. The average molecular weight is 288 g/mol. The minimum absolute atomic E-state index is 0.0356. The second-order valence-electron chi connectivity index (χ2n) is 3.80. The highest BCUT2D eigenvalue weighted by atomic mass is 19.4. The van der Waals surface area contributed by atoms with Crippen molar-refractivity contribution >= 4 is 11.9 Å². The summed E-state index contributed by atoms with van der Waals surface area (Å²) >= 11 is 0. The van der Waals surface area contributed by atoms with E-state index in [1.54, 1.807) is 0 Å². The van der Waals surface area contributed by atoms with Crippen LogP contribution >= 0.6 is 0 Å². The molecule has 1 aromatic heterocycles. The summed E-state index contributed by atoms with van der Waals surface area (Å²) in [6.45, 7) is 2.77. The molecule has 0 radical (unpaired) electrons. The number of pyridine rings is 1. The predicted octanol–water partition coefficient (Wildman–Crippen LogP) is 1.81. The molecule has 8 heteroatoms. The predicted molar refractivity (Wildman–Crippen MR) is 63.0 cm³/mol. The Morgan fingerprint density at radius 1 is 1.40 bits per heavy atom. The van der Waals surface area contributed by atoms with Crippen LogP contribution in [0, 0.1) is 0 Å². The van der Waals surface area contributed by atoms with E-state index in [1.165, 1.54) is 6.08 Å². The van der Waals surface area contributed by atoms with Crippen molar-refractivity contribution in [3.05, 3.63) is 42.2 Å². The summed E-state index contributed by atoms with van der Waals surface area (Å²) in [5, 5.41) is 8.66. The van der Waals surface area contributed by atoms with Crippen molar-refractivity contribution in [3.8, 4) is 0 Å². The first-order valence-electron chi connectivity index (χ1n) is 5.41. The third-order valence-electron chi connectivity index (χ3n) is 2.26. The first-order chi connectivity index (χ1) is 9.25. The molecule has 0 unspecified atom stereocenters. The molecule has 108 valence electrons. The average Bonchev–Trinajstić information content (AvgIpc) is 2.36. The number of aromatic nitrogens is 1. The summed E-state index contributed by atoms with van der Waals surface area (Å²) in [7, 11) is 0. The van der Waals surface area contributed by atoms with Crippen LogP contribution in [-0.2, 0) is 11.0 Å². The van der Waals surface area contributed by atoms with Crippen LogP contribution in [0.5, 0.6) is 0 Å². The molecule has 0 saturated heterocycles. The highest BCUT2D eigenvalue weighted by molar-refractivity contribution is 5.95. The molecular formula is C12H11F3N2O3. The van der Waals surface area contributed by atoms with Crippen LogP contribution in [0.2, 0.25) is 0 Å². The number of rotatable bonds is 5. The van der Waals surface area contributed by atoms with E-state index in [-0.39, 0.29) is 12.1 Å². The van der Waals surface area contributed by atoms with E-state index in [1.807, 2.05) is 0 Å². The first kappa shape index (κ1) is 15.7. The molecule has 1 N–H and O–H groups in total. The summed E-state index contributed by atoms with van der Waals surface area (Å²) in [6.07, 6.45) is -2.51. The van der Waals surface area contributed by atoms with Gasteiger partial charge in [0.2, 0.25) is 0 Å². The molecule has 0 fully saturated rings. The van der Waals surface area contributed by atoms with Gasteiger partial charge in [-0.25, -0.2) is 0 Å². The molecule has 0 aliphatic heterocycles. The van der Waals surface area contributed by atoms with Gasteiger partial charge in [0.05, 0.1) is 5.56 Å². The van der Waals surface area contributed by atoms with E-state index in [2.05, 4.69) is 11.6 Å². The normalized spacial score (nSPS) is 10.9. The van der Waals surface area contributed by atoms with Gasteiger partial charge in [-0.3, -0.25) is 14.6 Å². The Morgan fingerprint density at radius 3 is 2.45 bits per heavy atom. The molecular weight excluding hydrogens is 277 g/mol. The zero-order valence-corrected chi connectivity index (χ0v) is 10.2. The van der Waals surface area contributed by atoms with Crippen molar-refractivity contribution in [3.63, 3.8) is 0 Å². The maximum Gasteiger partial charge on any atom is 0.433 e. The number of hydrogen-bond acceptors (Lipinski definition) is 3. The van der Waals surface area contributed by atoms with E-state index in [0.29, 0.717) is 6.07 Å². The van der Waals surface area contributed by atoms with Crippen molar-refractivity contribution in [1.29, 1.82) is 0 Å². The van der Waals surface area contributed by atoms with Gasteiger partial charge in [0, 0.05) is 12.7 Å². The SMILES string of the molecule is C=CCN(CC(=O)O)C(=O)c1ccc(C(F)(F)F)nc1. The summed E-state index contributed by atoms with van der Waals surface area (Å²) < 4.78 is 37.0. The molecule has 20 heavy (non-hydrogen) atoms. The Balaban J connectivity index is 2.94. The van der Waals surface area contributed by atoms with Gasteiger partial charge in [-0.15, -0.1) is 6.58 Å². The number of carboxylic acids is 1. The van der Waals surface area contributed by atoms with Crippen LogP contribution in [0.4, 0.5) is 13.2 Å². The Kier molecular flexibility index (Phi) is 4.84. The monoisotopic (exact) mass is 288 g/mol. The molecule has 5 nitrogen and oxygen atoms in total. The van der Waals surface area contributed by atoms with Gasteiger partial charge >= 0.3 is 12.1 Å². The van der Waals surface area contributed by atoms with E-state index in [4.69, 9.17) is 5.11 Å². The highest BCUT2D eigenvalue weighted by Crippen LogP contribution is 2.27. The molecule has 0 aliphatic carbocycles. The van der Waals surface area contributed by atoms with Crippen LogP contribution in [0.1, 0.15) is 16.1 Å². The van der Waals surface area contributed by atoms with E-state index < -0.39 is 30.3 Å². The van der Waals surface area contributed by atoms with Crippen LogP contribution < -0.4 is 0 Å². The van der Waals surface area contributed by atoms with Crippen LogP contribution in [0.3, 0.4) is 0 Å². The lowest BCUT2D eigenvalue weighted by Gasteiger charge is -2.18. The zero-order chi connectivity index (χ0) is 15.3. The fraction of sp³-hybridized carbons (Fsp3) is 0.250. The molecule has 1 rings (SSSR count). The van der Waals surface area contributed by atoms with Crippen molar-refractivity contribution < 1.29 is 27.9 Å². The molecule has 1 amide bonds. The van der Waals surface area contributed by atoms with Gasteiger partial charge in [-0.1, -0.05) is 6.08 Å². The number of carboxylic acid groups (broad SMARTS) is 1. The van der Waals surface area contributed by atoms with Crippen LogP contribution in [0.25, 0.3) is 0 Å². The van der Waals surface area contributed by atoms with E-state index in [9.17, 15) is 22.8 Å². The molecule has 0 aromatic carbocycles. The number of hydrogen-bond donors (Lipinski definition) is 1. The maximum atomic E-state index is 12.3. The van der Waals surface area contributed by atoms with Crippen molar-refractivity contribution in [1.82, 2.24) is 9.88 Å². The second kappa shape index (κ2) is 6.18. The third kappa shape index (κ3) is 4.08. The standard InChI is InChI=1S/C12H11F3N2O3/c1-2-5-17(7-10(18)19)11(20)8-3-4-9(16-6-8)12(13,14)15/h2-4,6H,1,5,7H2,(H,18,19). The minimum Gasteiger partial charge on any atom is -0.480 e. The summed E-state index contributed by atoms with van der Waals surface area (Å²) in [5.41, 5.74) is -1.25. The molecule has 0 spiro atoms. The molecule has 1 heterocycles. The number of aliphatic carboxylic acids is 1. The van der Waals surface area contributed by atoms with Gasteiger partial charge in [-0.05, 0) is 12.1 Å². The quantitative estimate of drug-likeness (QED) is 0.839. The van der Waals surface area contributed by atoms with E-state index in [0.717, 1.165) is 17.2 Å². The van der Waals surface area contributed by atoms with Gasteiger partial charge in [0.1, 0.15) is 12.2 Å². The topological polar surface area (TPSA) is 70.5 Å². The number of carbonyl (C=O) groups is 2. The van der Waals surface area contributed by atoms with Gasteiger partial charge in [-0.2, -0.15) is 13.2 Å².